The second-order valence-electron chi connectivity index (χ2n) is 9.07. The molecular formula is C25H38N2O4. The summed E-state index contributed by atoms with van der Waals surface area (Å²) in [6.07, 6.45) is 15.2. The lowest BCUT2D eigenvalue weighted by atomic mass is 9.91. The van der Waals surface area contributed by atoms with E-state index in [1.807, 2.05) is 30.3 Å². The number of nitrogens with zero attached hydrogens (tertiary/aromatic N) is 1. The molecule has 0 aromatic heterocycles. The summed E-state index contributed by atoms with van der Waals surface area (Å²) in [5.41, 5.74) is 0.886. The molecule has 2 saturated carbocycles. The van der Waals surface area contributed by atoms with Gasteiger partial charge in [0.1, 0.15) is 12.6 Å². The molecule has 172 valence electrons. The van der Waals surface area contributed by atoms with Crippen molar-refractivity contribution in [3.8, 4) is 0 Å². The van der Waals surface area contributed by atoms with Gasteiger partial charge in [-0.1, -0.05) is 68.9 Å². The highest BCUT2D eigenvalue weighted by Crippen LogP contribution is 2.22. The summed E-state index contributed by atoms with van der Waals surface area (Å²) in [5, 5.41) is 12.8. The maximum Gasteiger partial charge on any atom is 0.410 e. The Morgan fingerprint density at radius 1 is 0.871 bits per heavy atom. The number of carboxylic acids is 1. The van der Waals surface area contributed by atoms with Crippen LogP contribution in [0.3, 0.4) is 0 Å². The van der Waals surface area contributed by atoms with Crippen LogP contribution in [0, 0.1) is 0 Å². The Balaban J connectivity index is 0.000000185. The number of hydrogen-bond donors (Lipinski definition) is 2. The first-order valence-corrected chi connectivity index (χ1v) is 12.1. The van der Waals surface area contributed by atoms with E-state index < -0.39 is 18.1 Å². The number of nitrogens with one attached hydrogen (secondary N) is 1. The Hall–Kier alpha value is -2.08. The van der Waals surface area contributed by atoms with Gasteiger partial charge < -0.3 is 15.2 Å². The lowest BCUT2D eigenvalue weighted by molar-refractivity contribution is -0.141. The number of likely N-dealkylation sites (tertiary alicyclic amines) is 1. The molecule has 6 nitrogen and oxygen atoms in total. The summed E-state index contributed by atoms with van der Waals surface area (Å²) in [7, 11) is 0. The minimum atomic E-state index is -0.968. The van der Waals surface area contributed by atoms with Crippen molar-refractivity contribution >= 4 is 12.1 Å². The van der Waals surface area contributed by atoms with Crippen molar-refractivity contribution in [1.82, 2.24) is 10.2 Å². The number of benzene rings is 1. The number of rotatable bonds is 5. The van der Waals surface area contributed by atoms with E-state index in [1.165, 1.54) is 69.1 Å². The summed E-state index contributed by atoms with van der Waals surface area (Å²) in [6.45, 7) is 0.618. The van der Waals surface area contributed by atoms with Crippen LogP contribution >= 0.6 is 0 Å². The highest BCUT2D eigenvalue weighted by atomic mass is 16.6. The predicted octanol–water partition coefficient (Wildman–Crippen LogP) is 5.11. The van der Waals surface area contributed by atoms with Crippen LogP contribution in [0.4, 0.5) is 4.79 Å². The summed E-state index contributed by atoms with van der Waals surface area (Å²) in [4.78, 5) is 24.0. The molecule has 1 heterocycles. The molecule has 1 aromatic carbocycles. The first-order chi connectivity index (χ1) is 15.1. The summed E-state index contributed by atoms with van der Waals surface area (Å²) < 4.78 is 5.12. The molecule has 6 heteroatoms. The molecule has 31 heavy (non-hydrogen) atoms. The van der Waals surface area contributed by atoms with Gasteiger partial charge in [-0.25, -0.2) is 9.59 Å². The maximum absolute atomic E-state index is 11.8. The van der Waals surface area contributed by atoms with E-state index in [4.69, 9.17) is 9.84 Å². The topological polar surface area (TPSA) is 78.9 Å². The Labute approximate surface area is 186 Å². The summed E-state index contributed by atoms with van der Waals surface area (Å²) >= 11 is 0. The fraction of sp³-hybridized carbons (Fsp3) is 0.680. The van der Waals surface area contributed by atoms with Gasteiger partial charge >= 0.3 is 12.1 Å². The minimum absolute atomic E-state index is 0.169. The third-order valence-electron chi connectivity index (χ3n) is 6.66. The van der Waals surface area contributed by atoms with Crippen LogP contribution < -0.4 is 5.32 Å². The third kappa shape index (κ3) is 7.84. The molecule has 1 aromatic rings. The number of hydrogen-bond acceptors (Lipinski definition) is 4. The molecule has 0 unspecified atom stereocenters. The van der Waals surface area contributed by atoms with E-state index in [-0.39, 0.29) is 6.61 Å². The zero-order valence-electron chi connectivity index (χ0n) is 18.6. The molecule has 2 N–H and O–H groups in total. The van der Waals surface area contributed by atoms with Crippen LogP contribution in [0.25, 0.3) is 0 Å². The number of ether oxygens (including phenoxy) is 1. The van der Waals surface area contributed by atoms with Gasteiger partial charge in [0.15, 0.2) is 0 Å². The Kier molecular flexibility index (Phi) is 9.66. The first-order valence-electron chi connectivity index (χ1n) is 12.1. The number of aliphatic carboxylic acids is 1. The molecule has 0 bridgehead atoms. The van der Waals surface area contributed by atoms with E-state index in [0.29, 0.717) is 19.4 Å². The molecule has 1 aliphatic heterocycles. The van der Waals surface area contributed by atoms with Gasteiger partial charge in [-0.15, -0.1) is 0 Å². The van der Waals surface area contributed by atoms with Gasteiger partial charge in [0, 0.05) is 18.6 Å². The predicted molar refractivity (Wildman–Crippen MR) is 121 cm³/mol. The second kappa shape index (κ2) is 12.7. The van der Waals surface area contributed by atoms with Gasteiger partial charge in [-0.05, 0) is 44.1 Å². The molecule has 0 radical (unpaired) electrons. The molecule has 4 rings (SSSR count). The van der Waals surface area contributed by atoms with Crippen molar-refractivity contribution in [3.05, 3.63) is 35.9 Å². The Morgan fingerprint density at radius 3 is 2.00 bits per heavy atom. The van der Waals surface area contributed by atoms with Gasteiger partial charge in [-0.2, -0.15) is 0 Å². The van der Waals surface area contributed by atoms with Crippen molar-refractivity contribution in [2.24, 2.45) is 0 Å². The van der Waals surface area contributed by atoms with Gasteiger partial charge in [0.05, 0.1) is 0 Å². The Bertz CT molecular complexity index is 653. The number of carbonyl (C=O) groups is 2. The normalized spacial score (nSPS) is 22.5. The van der Waals surface area contributed by atoms with E-state index in [1.54, 1.807) is 0 Å². The highest BCUT2D eigenvalue weighted by Gasteiger charge is 2.34. The zero-order chi connectivity index (χ0) is 21.9. The fourth-order valence-corrected chi connectivity index (χ4v) is 4.92. The van der Waals surface area contributed by atoms with Crippen LogP contribution in [-0.4, -0.2) is 46.7 Å². The molecule has 1 saturated heterocycles. The molecule has 3 fully saturated rings. The average Bonchev–Trinajstić information content (AvgIpc) is 3.31. The molecule has 1 amide bonds. The van der Waals surface area contributed by atoms with Gasteiger partial charge in [0.25, 0.3) is 0 Å². The fourth-order valence-electron chi connectivity index (χ4n) is 4.92. The largest absolute Gasteiger partial charge is 0.480 e. The van der Waals surface area contributed by atoms with Gasteiger partial charge in [-0.3, -0.25) is 4.90 Å². The monoisotopic (exact) mass is 430 g/mol. The van der Waals surface area contributed by atoms with E-state index >= 15 is 0 Å². The number of carbonyl (C=O) groups excluding carboxylic acids is 1. The second-order valence-corrected chi connectivity index (χ2v) is 9.07. The summed E-state index contributed by atoms with van der Waals surface area (Å²) in [6, 6.07) is 10.3. The quantitative estimate of drug-likeness (QED) is 0.678. The molecule has 3 aliphatic rings. The maximum atomic E-state index is 11.8. The van der Waals surface area contributed by atoms with Crippen molar-refractivity contribution in [3.63, 3.8) is 0 Å². The van der Waals surface area contributed by atoms with Crippen molar-refractivity contribution in [1.29, 1.82) is 0 Å². The van der Waals surface area contributed by atoms with Crippen LogP contribution in [0.15, 0.2) is 30.3 Å². The zero-order valence-corrected chi connectivity index (χ0v) is 18.6. The molecule has 1 atom stereocenters. The smallest absolute Gasteiger partial charge is 0.410 e. The summed E-state index contributed by atoms with van der Waals surface area (Å²) in [5.74, 6) is -0.968. The van der Waals surface area contributed by atoms with Crippen LogP contribution in [-0.2, 0) is 16.1 Å². The number of amides is 1. The molecular weight excluding hydrogens is 392 g/mol. The lowest BCUT2D eigenvalue weighted by Gasteiger charge is -2.30. The van der Waals surface area contributed by atoms with E-state index in [0.717, 1.165) is 17.6 Å². The van der Waals surface area contributed by atoms with Gasteiger partial charge in [0.2, 0.25) is 0 Å². The third-order valence-corrected chi connectivity index (χ3v) is 6.66. The molecule has 2 aliphatic carbocycles. The first kappa shape index (κ1) is 23.6. The SMILES string of the molecule is C1CCC(NC2CCCCC2)CC1.O=C(O)[C@@H]1CCCN1C(=O)OCc1ccccc1. The van der Waals surface area contributed by atoms with Crippen LogP contribution in [0.1, 0.15) is 82.6 Å². The number of carboxylic acid groups (broad SMARTS) is 1. The van der Waals surface area contributed by atoms with Crippen molar-refractivity contribution in [2.75, 3.05) is 6.54 Å². The van der Waals surface area contributed by atoms with E-state index in [2.05, 4.69) is 5.32 Å². The van der Waals surface area contributed by atoms with Crippen molar-refractivity contribution < 1.29 is 19.4 Å². The standard InChI is InChI=1S/C13H15NO4.C12H23N/c15-12(16)11-7-4-8-14(11)13(17)18-9-10-5-2-1-3-6-10;1-3-7-11(8-4-1)13-12-9-5-2-6-10-12/h1-3,5-6,11H,4,7-9H2,(H,15,16);11-13H,1-10H2/t11-;/m0./s1. The lowest BCUT2D eigenvalue weighted by Crippen LogP contribution is -2.40. The molecule has 0 spiro atoms. The minimum Gasteiger partial charge on any atom is -0.480 e. The average molecular weight is 431 g/mol. The highest BCUT2D eigenvalue weighted by molar-refractivity contribution is 5.80. The van der Waals surface area contributed by atoms with E-state index in [9.17, 15) is 9.59 Å². The Morgan fingerprint density at radius 2 is 1.45 bits per heavy atom. The van der Waals surface area contributed by atoms with Crippen molar-refractivity contribution in [2.45, 2.75) is 102 Å². The van der Waals surface area contributed by atoms with Crippen LogP contribution in [0.2, 0.25) is 0 Å². The van der Waals surface area contributed by atoms with Crippen LogP contribution in [0.5, 0.6) is 0 Å².